The van der Waals surface area contributed by atoms with Crippen molar-refractivity contribution in [1.82, 2.24) is 20.2 Å². The molecular formula is C7H5FKN4O. The summed E-state index contributed by atoms with van der Waals surface area (Å²) in [7, 11) is 0. The van der Waals surface area contributed by atoms with Gasteiger partial charge in [0.15, 0.2) is 11.6 Å². The summed E-state index contributed by atoms with van der Waals surface area (Å²) in [6.45, 7) is 0. The van der Waals surface area contributed by atoms with E-state index in [-0.39, 0.29) is 51.4 Å². The van der Waals surface area contributed by atoms with Gasteiger partial charge in [0.2, 0.25) is 0 Å². The maximum absolute atomic E-state index is 12.8. The predicted octanol–water partition coefficient (Wildman–Crippen LogP) is 0.126. The van der Waals surface area contributed by atoms with E-state index in [1.807, 2.05) is 0 Å². The maximum Gasteiger partial charge on any atom is 0.166 e. The molecule has 1 radical (unpaired) electrons. The van der Waals surface area contributed by atoms with Gasteiger partial charge in [-0.3, -0.25) is 0 Å². The third-order valence-electron chi connectivity index (χ3n) is 1.54. The minimum atomic E-state index is -0.701. The fourth-order valence-electron chi connectivity index (χ4n) is 0.918. The number of nitrogens with zero attached hydrogens (tertiary/aromatic N) is 4. The molecule has 0 aliphatic carbocycles. The van der Waals surface area contributed by atoms with Gasteiger partial charge in [-0.1, -0.05) is 0 Å². The van der Waals surface area contributed by atoms with E-state index in [0.29, 0.717) is 5.69 Å². The molecule has 0 atom stereocenters. The van der Waals surface area contributed by atoms with E-state index >= 15 is 0 Å². The van der Waals surface area contributed by atoms with Crippen LogP contribution >= 0.6 is 0 Å². The maximum atomic E-state index is 12.8. The summed E-state index contributed by atoms with van der Waals surface area (Å²) in [6, 6.07) is 3.90. The van der Waals surface area contributed by atoms with E-state index in [2.05, 4.69) is 15.5 Å². The van der Waals surface area contributed by atoms with Gasteiger partial charge in [-0.25, -0.2) is 9.07 Å². The van der Waals surface area contributed by atoms with E-state index in [0.717, 1.165) is 6.07 Å². The first-order chi connectivity index (χ1) is 6.27. The van der Waals surface area contributed by atoms with Gasteiger partial charge in [-0.15, -0.1) is 5.10 Å². The molecule has 7 heteroatoms. The zero-order chi connectivity index (χ0) is 9.26. The molecule has 67 valence electrons. The average Bonchev–Trinajstić information content (AvgIpc) is 2.62. The van der Waals surface area contributed by atoms with Crippen LogP contribution < -0.4 is 0 Å². The van der Waals surface area contributed by atoms with Gasteiger partial charge < -0.3 is 5.11 Å². The molecule has 2 aromatic rings. The predicted molar refractivity (Wildman–Crippen MR) is 46.5 cm³/mol. The molecule has 0 unspecified atom stereocenters. The van der Waals surface area contributed by atoms with Crippen LogP contribution in [0.3, 0.4) is 0 Å². The Bertz CT molecular complexity index is 420. The van der Waals surface area contributed by atoms with Crippen molar-refractivity contribution in [3.8, 4) is 11.4 Å². The average molecular weight is 219 g/mol. The molecule has 0 fully saturated rings. The van der Waals surface area contributed by atoms with Crippen molar-refractivity contribution in [3.05, 3.63) is 30.3 Å². The smallest absolute Gasteiger partial charge is 0.166 e. The molecule has 1 heterocycles. The molecule has 0 saturated carbocycles. The Morgan fingerprint density at radius 3 is 2.71 bits per heavy atom. The van der Waals surface area contributed by atoms with E-state index in [4.69, 9.17) is 5.11 Å². The molecule has 0 bridgehead atoms. The monoisotopic (exact) mass is 219 g/mol. The molecule has 0 amide bonds. The molecule has 1 aromatic carbocycles. The molecule has 14 heavy (non-hydrogen) atoms. The third-order valence-corrected chi connectivity index (χ3v) is 1.54. The Kier molecular flexibility index (Phi) is 4.14. The van der Waals surface area contributed by atoms with Gasteiger partial charge in [0.1, 0.15) is 6.33 Å². The molecule has 1 aromatic heterocycles. The van der Waals surface area contributed by atoms with Crippen molar-refractivity contribution in [2.75, 3.05) is 0 Å². The number of phenolic OH excluding ortho intramolecular Hbond substituents is 1. The molecule has 0 aliphatic rings. The molecule has 5 nitrogen and oxygen atoms in total. The summed E-state index contributed by atoms with van der Waals surface area (Å²) in [5.41, 5.74) is 0.459. The minimum Gasteiger partial charge on any atom is -0.505 e. The number of phenols is 1. The molecule has 0 saturated heterocycles. The number of rotatable bonds is 1. The van der Waals surface area contributed by atoms with Crippen molar-refractivity contribution >= 4 is 51.4 Å². The van der Waals surface area contributed by atoms with E-state index in [1.54, 1.807) is 0 Å². The molecule has 0 spiro atoms. The van der Waals surface area contributed by atoms with Crippen LogP contribution in [-0.2, 0) is 0 Å². The van der Waals surface area contributed by atoms with Crippen molar-refractivity contribution in [3.63, 3.8) is 0 Å². The summed E-state index contributed by atoms with van der Waals surface area (Å²) < 4.78 is 14.1. The fraction of sp³-hybridized carbons (Fsp3) is 0. The molecular weight excluding hydrogens is 214 g/mol. The molecule has 0 aliphatic heterocycles. The summed E-state index contributed by atoms with van der Waals surface area (Å²) in [5, 5.41) is 19.3. The van der Waals surface area contributed by atoms with Crippen LogP contribution in [0.5, 0.6) is 5.75 Å². The van der Waals surface area contributed by atoms with Crippen LogP contribution in [0.1, 0.15) is 0 Å². The second-order valence-electron chi connectivity index (χ2n) is 2.39. The van der Waals surface area contributed by atoms with Crippen molar-refractivity contribution in [1.29, 1.82) is 0 Å². The Balaban J connectivity index is 0.000000980. The number of aromatic hydroxyl groups is 1. The van der Waals surface area contributed by atoms with Gasteiger partial charge in [0, 0.05) is 57.5 Å². The van der Waals surface area contributed by atoms with Gasteiger partial charge in [-0.05, 0) is 22.6 Å². The number of aromatic nitrogens is 4. The second kappa shape index (κ2) is 4.94. The Morgan fingerprint density at radius 1 is 1.36 bits per heavy atom. The van der Waals surface area contributed by atoms with Gasteiger partial charge in [0.05, 0.1) is 5.69 Å². The molecule has 1 N–H and O–H groups in total. The number of benzene rings is 1. The summed E-state index contributed by atoms with van der Waals surface area (Å²) in [5.74, 6) is -1.09. The van der Waals surface area contributed by atoms with Crippen LogP contribution in [0.25, 0.3) is 5.69 Å². The first-order valence-corrected chi connectivity index (χ1v) is 3.49. The van der Waals surface area contributed by atoms with E-state index in [1.165, 1.54) is 23.1 Å². The van der Waals surface area contributed by atoms with Gasteiger partial charge >= 0.3 is 0 Å². The van der Waals surface area contributed by atoms with Crippen molar-refractivity contribution in [2.24, 2.45) is 0 Å². The van der Waals surface area contributed by atoms with Gasteiger partial charge in [-0.2, -0.15) is 0 Å². The molecule has 2 rings (SSSR count). The van der Waals surface area contributed by atoms with Crippen LogP contribution in [0, 0.1) is 5.82 Å². The number of hydrogen-bond acceptors (Lipinski definition) is 4. The minimum absolute atomic E-state index is 0. The van der Waals surface area contributed by atoms with Crippen LogP contribution in [-0.4, -0.2) is 76.7 Å². The van der Waals surface area contributed by atoms with Crippen molar-refractivity contribution < 1.29 is 9.50 Å². The zero-order valence-electron chi connectivity index (χ0n) is 7.42. The van der Waals surface area contributed by atoms with E-state index in [9.17, 15) is 4.39 Å². The first-order valence-electron chi connectivity index (χ1n) is 3.49. The quantitative estimate of drug-likeness (QED) is 0.692. The summed E-state index contributed by atoms with van der Waals surface area (Å²) in [6.07, 6.45) is 1.34. The third kappa shape index (κ3) is 2.37. The fourth-order valence-corrected chi connectivity index (χ4v) is 0.918. The van der Waals surface area contributed by atoms with Gasteiger partial charge in [0.25, 0.3) is 0 Å². The van der Waals surface area contributed by atoms with Crippen LogP contribution in [0.2, 0.25) is 0 Å². The first kappa shape index (κ1) is 11.7. The topological polar surface area (TPSA) is 63.8 Å². The number of hydrogen-bond donors (Lipinski definition) is 1. The Labute approximate surface area is 121 Å². The largest absolute Gasteiger partial charge is 0.505 e. The summed E-state index contributed by atoms with van der Waals surface area (Å²) >= 11 is 0. The normalized spacial score (nSPS) is 9.50. The van der Waals surface area contributed by atoms with Crippen molar-refractivity contribution in [2.45, 2.75) is 0 Å². The standard InChI is InChI=1S/C7H5FN4O.K/c8-6-3-5(1-2-7(6)13)12-4-9-10-11-12;/h1-4,13H;. The zero-order valence-corrected chi connectivity index (χ0v) is 10.5. The Hall–Kier alpha value is -0.344. The van der Waals surface area contributed by atoms with Crippen LogP contribution in [0.15, 0.2) is 24.5 Å². The number of halogens is 1. The second-order valence-corrected chi connectivity index (χ2v) is 2.39. The SMILES string of the molecule is Oc1ccc(-n2cnnn2)cc1F.[K]. The Morgan fingerprint density at radius 2 is 2.14 bits per heavy atom. The number of tetrazole rings is 1. The van der Waals surface area contributed by atoms with E-state index < -0.39 is 11.6 Å². The van der Waals surface area contributed by atoms with Crippen LogP contribution in [0.4, 0.5) is 4.39 Å². The summed E-state index contributed by atoms with van der Waals surface area (Å²) in [4.78, 5) is 0.